The van der Waals surface area contributed by atoms with E-state index in [1.54, 1.807) is 0 Å². The van der Waals surface area contributed by atoms with Crippen LogP contribution in [0.3, 0.4) is 0 Å². The van der Waals surface area contributed by atoms with Crippen LogP contribution < -0.4 is 5.32 Å². The molecule has 3 heteroatoms. The molecule has 2 aliphatic rings. The first-order valence-corrected chi connectivity index (χ1v) is 14.6. The monoisotopic (exact) mass is 495 g/mol. The minimum Gasteiger partial charge on any atom is -0.314 e. The average Bonchev–Trinajstić information content (AvgIpc) is 2.94. The standard InChI is InChI=1S/C34H45N3/c1-27-23-28(2)25-29(24-27)17-18-35-26-34(32-15-13-31(14-16-32)30-9-5-3-6-10-30)37-21-19-36(20-22-37)33-11-7-4-8-12-33/h3,5-6,9-10,13-16,23-25,33-35H,4,7-8,11-12,17-22,26H2,1-2H3. The molecule has 1 aliphatic carbocycles. The second-order valence-electron chi connectivity index (χ2n) is 11.3. The lowest BCUT2D eigenvalue weighted by Crippen LogP contribution is -2.52. The molecule has 37 heavy (non-hydrogen) atoms. The molecule has 1 saturated heterocycles. The number of benzene rings is 3. The highest BCUT2D eigenvalue weighted by Gasteiger charge is 2.29. The topological polar surface area (TPSA) is 18.5 Å². The van der Waals surface area contributed by atoms with Gasteiger partial charge in [-0.1, -0.05) is 103 Å². The molecule has 0 bridgehead atoms. The van der Waals surface area contributed by atoms with Crippen LogP contribution in [-0.2, 0) is 6.42 Å². The van der Waals surface area contributed by atoms with Gasteiger partial charge >= 0.3 is 0 Å². The molecule has 1 heterocycles. The van der Waals surface area contributed by atoms with E-state index in [1.807, 2.05) is 0 Å². The Balaban J connectivity index is 1.24. The Kier molecular flexibility index (Phi) is 9.10. The molecule has 5 rings (SSSR count). The van der Waals surface area contributed by atoms with Crippen molar-refractivity contribution in [3.8, 4) is 11.1 Å². The fraction of sp³-hybridized carbons (Fsp3) is 0.471. The van der Waals surface area contributed by atoms with E-state index in [9.17, 15) is 0 Å². The van der Waals surface area contributed by atoms with Crippen molar-refractivity contribution < 1.29 is 0 Å². The van der Waals surface area contributed by atoms with Gasteiger partial charge in [0.1, 0.15) is 0 Å². The van der Waals surface area contributed by atoms with Gasteiger partial charge in [0.25, 0.3) is 0 Å². The van der Waals surface area contributed by atoms with Crippen molar-refractivity contribution in [2.75, 3.05) is 39.3 Å². The molecule has 1 N–H and O–H groups in total. The largest absolute Gasteiger partial charge is 0.314 e. The van der Waals surface area contributed by atoms with Gasteiger partial charge in [-0.15, -0.1) is 0 Å². The van der Waals surface area contributed by atoms with Crippen molar-refractivity contribution >= 4 is 0 Å². The Morgan fingerprint density at radius 1 is 0.757 bits per heavy atom. The van der Waals surface area contributed by atoms with Crippen LogP contribution in [0.4, 0.5) is 0 Å². The number of piperazine rings is 1. The third-order valence-corrected chi connectivity index (χ3v) is 8.49. The molecule has 0 aromatic heterocycles. The SMILES string of the molecule is Cc1cc(C)cc(CCNCC(c2ccc(-c3ccccc3)cc2)N2CCN(C3CCCCC3)CC2)c1. The lowest BCUT2D eigenvalue weighted by molar-refractivity contribution is 0.0559. The van der Waals surface area contributed by atoms with Crippen LogP contribution in [0.1, 0.15) is 60.4 Å². The molecule has 1 saturated carbocycles. The number of hydrogen-bond donors (Lipinski definition) is 1. The maximum atomic E-state index is 3.83. The number of aryl methyl sites for hydroxylation is 2. The van der Waals surface area contributed by atoms with E-state index in [0.717, 1.165) is 25.6 Å². The summed E-state index contributed by atoms with van der Waals surface area (Å²) in [6.45, 7) is 11.2. The predicted molar refractivity (Wildman–Crippen MR) is 157 cm³/mol. The summed E-state index contributed by atoms with van der Waals surface area (Å²) in [5.74, 6) is 0. The zero-order valence-corrected chi connectivity index (χ0v) is 23.0. The summed E-state index contributed by atoms with van der Waals surface area (Å²) in [4.78, 5) is 5.53. The van der Waals surface area contributed by atoms with E-state index < -0.39 is 0 Å². The van der Waals surface area contributed by atoms with Crippen LogP contribution in [0, 0.1) is 13.8 Å². The smallest absolute Gasteiger partial charge is 0.0473 e. The summed E-state index contributed by atoms with van der Waals surface area (Å²) in [6, 6.07) is 28.3. The van der Waals surface area contributed by atoms with Gasteiger partial charge < -0.3 is 5.32 Å². The van der Waals surface area contributed by atoms with Crippen LogP contribution in [0.5, 0.6) is 0 Å². The highest BCUT2D eigenvalue weighted by Crippen LogP contribution is 2.28. The summed E-state index contributed by atoms with van der Waals surface area (Å²) < 4.78 is 0. The van der Waals surface area contributed by atoms with Gasteiger partial charge in [-0.2, -0.15) is 0 Å². The van der Waals surface area contributed by atoms with Crippen LogP contribution in [0.15, 0.2) is 72.8 Å². The zero-order valence-electron chi connectivity index (χ0n) is 23.0. The highest BCUT2D eigenvalue weighted by molar-refractivity contribution is 5.63. The summed E-state index contributed by atoms with van der Waals surface area (Å²) in [6.07, 6.45) is 8.18. The summed E-state index contributed by atoms with van der Waals surface area (Å²) >= 11 is 0. The van der Waals surface area contributed by atoms with Crippen molar-refractivity contribution in [3.63, 3.8) is 0 Å². The molecule has 2 fully saturated rings. The molecule has 0 radical (unpaired) electrons. The Hall–Kier alpha value is -2.46. The Labute approximate surface area is 224 Å². The maximum absolute atomic E-state index is 3.83. The van der Waals surface area contributed by atoms with Crippen LogP contribution in [0.25, 0.3) is 11.1 Å². The molecule has 3 aromatic carbocycles. The van der Waals surface area contributed by atoms with E-state index in [-0.39, 0.29) is 0 Å². The molecular formula is C34H45N3. The van der Waals surface area contributed by atoms with Crippen molar-refractivity contribution in [2.45, 2.75) is 64.5 Å². The second kappa shape index (κ2) is 12.9. The third-order valence-electron chi connectivity index (χ3n) is 8.49. The van der Waals surface area contributed by atoms with E-state index in [4.69, 9.17) is 0 Å². The molecule has 0 spiro atoms. The Morgan fingerprint density at radius 3 is 2.08 bits per heavy atom. The van der Waals surface area contributed by atoms with Crippen LogP contribution in [0.2, 0.25) is 0 Å². The van der Waals surface area contributed by atoms with E-state index in [2.05, 4.69) is 102 Å². The summed E-state index contributed by atoms with van der Waals surface area (Å²) in [5, 5.41) is 3.83. The molecular weight excluding hydrogens is 450 g/mol. The van der Waals surface area contributed by atoms with Gasteiger partial charge in [-0.3, -0.25) is 9.80 Å². The van der Waals surface area contributed by atoms with E-state index in [0.29, 0.717) is 6.04 Å². The van der Waals surface area contributed by atoms with Gasteiger partial charge in [-0.25, -0.2) is 0 Å². The maximum Gasteiger partial charge on any atom is 0.0473 e. The summed E-state index contributed by atoms with van der Waals surface area (Å²) in [5.41, 5.74) is 8.19. The Bertz CT molecular complexity index is 1070. The highest BCUT2D eigenvalue weighted by atomic mass is 15.3. The van der Waals surface area contributed by atoms with E-state index in [1.165, 1.54) is 91.7 Å². The minimum absolute atomic E-state index is 0.414. The lowest BCUT2D eigenvalue weighted by atomic mass is 9.93. The average molecular weight is 496 g/mol. The number of nitrogens with zero attached hydrogens (tertiary/aromatic N) is 2. The number of nitrogens with one attached hydrogen (secondary N) is 1. The number of hydrogen-bond acceptors (Lipinski definition) is 3. The van der Waals surface area contributed by atoms with Crippen molar-refractivity contribution in [1.82, 2.24) is 15.1 Å². The van der Waals surface area contributed by atoms with Crippen LogP contribution >= 0.6 is 0 Å². The normalized spacial score (nSPS) is 18.6. The molecule has 1 aliphatic heterocycles. The first kappa shape index (κ1) is 26.2. The third kappa shape index (κ3) is 7.10. The zero-order chi connectivity index (χ0) is 25.5. The molecule has 196 valence electrons. The first-order valence-electron chi connectivity index (χ1n) is 14.6. The van der Waals surface area contributed by atoms with Gasteiger partial charge in [0, 0.05) is 44.8 Å². The number of rotatable bonds is 9. The van der Waals surface area contributed by atoms with Crippen molar-refractivity contribution in [2.24, 2.45) is 0 Å². The molecule has 1 unspecified atom stereocenters. The Morgan fingerprint density at radius 2 is 1.41 bits per heavy atom. The molecule has 3 nitrogen and oxygen atoms in total. The molecule has 0 amide bonds. The fourth-order valence-electron chi connectivity index (χ4n) is 6.53. The van der Waals surface area contributed by atoms with Gasteiger partial charge in [0.2, 0.25) is 0 Å². The van der Waals surface area contributed by atoms with Crippen molar-refractivity contribution in [1.29, 1.82) is 0 Å². The molecule has 3 aromatic rings. The predicted octanol–water partition coefficient (Wildman–Crippen LogP) is 6.79. The second-order valence-corrected chi connectivity index (χ2v) is 11.3. The lowest BCUT2D eigenvalue weighted by Gasteiger charge is -2.43. The fourth-order valence-corrected chi connectivity index (χ4v) is 6.53. The summed E-state index contributed by atoms with van der Waals surface area (Å²) in [7, 11) is 0. The van der Waals surface area contributed by atoms with Crippen molar-refractivity contribution in [3.05, 3.63) is 95.1 Å². The van der Waals surface area contributed by atoms with Gasteiger partial charge in [0.05, 0.1) is 0 Å². The van der Waals surface area contributed by atoms with Gasteiger partial charge in [0.15, 0.2) is 0 Å². The minimum atomic E-state index is 0.414. The van der Waals surface area contributed by atoms with E-state index >= 15 is 0 Å². The van der Waals surface area contributed by atoms with Crippen LogP contribution in [-0.4, -0.2) is 55.1 Å². The first-order chi connectivity index (χ1) is 18.2. The molecule has 1 atom stereocenters. The quantitative estimate of drug-likeness (QED) is 0.330. The van der Waals surface area contributed by atoms with Gasteiger partial charge in [-0.05, 0) is 61.9 Å².